The van der Waals surface area contributed by atoms with E-state index in [0.717, 1.165) is 52.4 Å². The van der Waals surface area contributed by atoms with Crippen LogP contribution in [0.4, 0.5) is 57.9 Å². The van der Waals surface area contributed by atoms with Crippen molar-refractivity contribution in [1.82, 2.24) is 19.9 Å². The van der Waals surface area contributed by atoms with Gasteiger partial charge >= 0.3 is 11.9 Å². The topological polar surface area (TPSA) is 154 Å². The van der Waals surface area contributed by atoms with Crippen LogP contribution in [0.2, 0.25) is 0 Å². The van der Waals surface area contributed by atoms with E-state index in [1.54, 1.807) is 21.6 Å². The summed E-state index contributed by atoms with van der Waals surface area (Å²) in [4.78, 5) is 43.0. The Labute approximate surface area is 460 Å². The molecule has 8 aliphatic rings. The number of hydrogen-bond donors (Lipinski definition) is 4. The number of anilines is 4. The molecule has 0 radical (unpaired) electrons. The lowest BCUT2D eigenvalue weighted by Crippen LogP contribution is -2.24. The summed E-state index contributed by atoms with van der Waals surface area (Å²) in [5, 5.41) is 17.7. The molecular formula is C58H59ClF8N8O5. The minimum absolute atomic E-state index is 0.0474. The maximum Gasteiger partial charge on any atom is 0.356 e. The molecule has 8 atom stereocenters. The number of aromatic amines is 2. The van der Waals surface area contributed by atoms with Crippen molar-refractivity contribution < 1.29 is 59.7 Å². The number of nitrogens with zero attached hydrogens (tertiary/aromatic N) is 6. The number of carbonyl (C=O) groups excluding carboxylic acids is 1. The highest BCUT2D eigenvalue weighted by atomic mass is 35.5. The van der Waals surface area contributed by atoms with Gasteiger partial charge in [-0.3, -0.25) is 0 Å². The smallest absolute Gasteiger partial charge is 0.356 e. The Morgan fingerprint density at radius 2 is 0.800 bits per heavy atom. The fourth-order valence-corrected chi connectivity index (χ4v) is 12.2. The summed E-state index contributed by atoms with van der Waals surface area (Å²) in [6.07, 6.45) is 7.68. The molecule has 4 aliphatic carbocycles. The maximum absolute atomic E-state index is 14.5. The third-order valence-corrected chi connectivity index (χ3v) is 16.9. The fraction of sp³-hybridized carbons (Fsp3) is 0.448. The molecule has 424 valence electrons. The normalized spacial score (nSPS) is 23.9. The van der Waals surface area contributed by atoms with Gasteiger partial charge in [0, 0.05) is 71.1 Å². The number of H-pyrrole nitrogens is 2. The number of halogens is 9. The van der Waals surface area contributed by atoms with E-state index < -0.39 is 58.5 Å². The number of aromatic nitrogens is 4. The van der Waals surface area contributed by atoms with Crippen LogP contribution in [0.1, 0.15) is 87.5 Å². The molecule has 4 saturated carbocycles. The summed E-state index contributed by atoms with van der Waals surface area (Å²) in [6.45, 7) is 7.66. The predicted molar refractivity (Wildman–Crippen MR) is 282 cm³/mol. The van der Waals surface area contributed by atoms with Crippen LogP contribution in [0.3, 0.4) is 0 Å². The van der Waals surface area contributed by atoms with Crippen LogP contribution in [-0.4, -0.2) is 101 Å². The van der Waals surface area contributed by atoms with Crippen molar-refractivity contribution >= 4 is 46.3 Å². The second kappa shape index (κ2) is 22.6. The average Bonchev–Trinajstić information content (AvgIpc) is 4.48. The monoisotopic (exact) mass is 1130 g/mol. The van der Waals surface area contributed by atoms with Crippen LogP contribution in [0.25, 0.3) is 0 Å². The summed E-state index contributed by atoms with van der Waals surface area (Å²) < 4.78 is 117. The molecule has 6 heterocycles. The minimum atomic E-state index is -1.12. The van der Waals surface area contributed by atoms with Gasteiger partial charge in [-0.15, -0.1) is 11.6 Å². The van der Waals surface area contributed by atoms with Crippen LogP contribution in [0.15, 0.2) is 60.9 Å². The molecule has 8 unspecified atom stereocenters. The number of carbonyl (C=O) groups is 2. The number of rotatable bonds is 13. The number of aliphatic hydroxyl groups excluding tert-OH is 1. The Morgan fingerprint density at radius 3 is 1.07 bits per heavy atom. The van der Waals surface area contributed by atoms with E-state index in [1.165, 1.54) is 86.6 Å². The molecule has 0 bridgehead atoms. The van der Waals surface area contributed by atoms with Gasteiger partial charge in [0.05, 0.1) is 25.6 Å². The molecule has 4 aromatic carbocycles. The summed E-state index contributed by atoms with van der Waals surface area (Å²) in [5.74, 6) is -0.0593. The predicted octanol–water partition coefficient (Wildman–Crippen LogP) is 10.4. The van der Waals surface area contributed by atoms with Gasteiger partial charge in [-0.25, -0.2) is 54.7 Å². The number of aliphatic hydroxyl groups is 1. The molecule has 4 N–H and O–H groups in total. The first-order valence-electron chi connectivity index (χ1n) is 27.0. The van der Waals surface area contributed by atoms with E-state index in [2.05, 4.69) is 19.9 Å². The third kappa shape index (κ3) is 12.1. The summed E-state index contributed by atoms with van der Waals surface area (Å²) in [6, 6.07) is 10.4. The molecule has 8 fully saturated rings. The average molecular weight is 1140 g/mol. The first-order valence-corrected chi connectivity index (χ1v) is 27.5. The molecule has 13 nitrogen and oxygen atoms in total. The lowest BCUT2D eigenvalue weighted by Gasteiger charge is -2.22. The number of alkyl halides is 1. The Bertz CT molecular complexity index is 3110. The van der Waals surface area contributed by atoms with Gasteiger partial charge < -0.3 is 44.5 Å². The highest BCUT2D eigenvalue weighted by Gasteiger charge is 2.49. The van der Waals surface area contributed by atoms with E-state index in [4.69, 9.17) is 26.6 Å². The Kier molecular flexibility index (Phi) is 15.5. The number of aromatic carboxylic acids is 1. The van der Waals surface area contributed by atoms with Crippen molar-refractivity contribution in [3.63, 3.8) is 0 Å². The van der Waals surface area contributed by atoms with Crippen LogP contribution < -0.4 is 19.6 Å². The van der Waals surface area contributed by atoms with Crippen molar-refractivity contribution in [2.24, 2.45) is 47.3 Å². The number of piperidine rings is 4. The summed E-state index contributed by atoms with van der Waals surface area (Å²) in [7, 11) is 0. The zero-order valence-corrected chi connectivity index (χ0v) is 44.4. The largest absolute Gasteiger partial charge is 0.477 e. The second-order valence-electron chi connectivity index (χ2n) is 22.4. The van der Waals surface area contributed by atoms with Gasteiger partial charge in [0.15, 0.2) is 0 Å². The molecule has 6 aromatic rings. The lowest BCUT2D eigenvalue weighted by atomic mass is 10.1. The molecule has 0 spiro atoms. The molecule has 2 aromatic heterocycles. The summed E-state index contributed by atoms with van der Waals surface area (Å²) >= 11 is 5.57. The van der Waals surface area contributed by atoms with Gasteiger partial charge in [0.2, 0.25) is 0 Å². The fourth-order valence-electron chi connectivity index (χ4n) is 12.1. The lowest BCUT2D eigenvalue weighted by molar-refractivity contribution is 0.0519. The number of nitrogens with one attached hydrogen (secondary N) is 2. The zero-order valence-electron chi connectivity index (χ0n) is 43.6. The van der Waals surface area contributed by atoms with E-state index in [9.17, 15) is 44.7 Å². The van der Waals surface area contributed by atoms with Gasteiger partial charge in [0.1, 0.15) is 92.3 Å². The quantitative estimate of drug-likeness (QED) is 0.0496. The van der Waals surface area contributed by atoms with Crippen molar-refractivity contribution in [1.29, 1.82) is 0 Å². The molecule has 4 aliphatic heterocycles. The van der Waals surface area contributed by atoms with E-state index in [0.29, 0.717) is 75.7 Å². The standard InChI is InChI=1S/C18H19F2N3O2.C16H15F2N3O2.C12H12ClF2N.C12H13F2NO/c1-2-25-18(24)15-7-21-16(22-15)5-10-3-13(19)17(14(20)4-10)23-8-11-6-12(11)9-23;17-11-1-8(3-14-19-5-13(20-14)16(22)23)2-12(18)15(11)21-6-9-4-10(9)7-21;13-4-7-1-10(14)12(11(15)2-7)16-5-8-3-9(8)6-16;13-10-1-7(6-16)2-11(14)12(10)15-4-8-3-9(8)5-15/h3-4,7,11-12H,2,5-6,8-9H2,1H3,(H,21,22);1-2,5,9-10H,3-4,6-7H2,(H,19,20)(H,22,23);1-2,8-9H,3-6H2;1-2,8-9,16H,3-6H2. The number of ether oxygens (including phenoxy) is 1. The van der Waals surface area contributed by atoms with Gasteiger partial charge in [0.25, 0.3) is 0 Å². The Morgan fingerprint density at radius 1 is 0.512 bits per heavy atom. The van der Waals surface area contributed by atoms with Crippen LogP contribution in [-0.2, 0) is 30.1 Å². The van der Waals surface area contributed by atoms with Crippen LogP contribution >= 0.6 is 11.6 Å². The van der Waals surface area contributed by atoms with Crippen molar-refractivity contribution in [3.8, 4) is 0 Å². The van der Waals surface area contributed by atoms with Crippen molar-refractivity contribution in [2.45, 2.75) is 57.9 Å². The molecule has 14 rings (SSSR count). The van der Waals surface area contributed by atoms with Crippen molar-refractivity contribution in [3.05, 3.63) is 153 Å². The minimum Gasteiger partial charge on any atom is -0.477 e. The van der Waals surface area contributed by atoms with Gasteiger partial charge in [-0.05, 0) is 151 Å². The number of carboxylic acids is 1. The first kappa shape index (κ1) is 55.1. The van der Waals surface area contributed by atoms with E-state index >= 15 is 0 Å². The molecule has 4 saturated heterocycles. The highest BCUT2D eigenvalue weighted by molar-refractivity contribution is 6.17. The highest BCUT2D eigenvalue weighted by Crippen LogP contribution is 2.50. The van der Waals surface area contributed by atoms with Gasteiger partial charge in [-0.1, -0.05) is 0 Å². The summed E-state index contributed by atoms with van der Waals surface area (Å²) in [5.41, 5.74) is 2.15. The molecule has 0 amide bonds. The van der Waals surface area contributed by atoms with Gasteiger partial charge in [-0.2, -0.15) is 0 Å². The number of fused-ring (bicyclic) bond motifs is 4. The maximum atomic E-state index is 14.5. The molecule has 22 heteroatoms. The first-order chi connectivity index (χ1) is 38.4. The third-order valence-electron chi connectivity index (χ3n) is 16.5. The number of benzene rings is 4. The number of hydrogen-bond acceptors (Lipinski definition) is 10. The van der Waals surface area contributed by atoms with Crippen LogP contribution in [0, 0.1) is 93.9 Å². The zero-order chi connectivity index (χ0) is 56.3. The number of imidazole rings is 2. The SMILES string of the molecule is CCOC(=O)c1cnc(Cc2cc(F)c(N3CC4CC4C3)c(F)c2)[nH]1.Fc1cc(CCl)cc(F)c1N1CC2CC2C1.O=C(O)c1cnc(Cc2cc(F)c(N3CC4CC4C3)c(F)c2)[nH]1.OCc1cc(F)c(N2CC3CC3C2)c(F)c1. The van der Waals surface area contributed by atoms with E-state index in [1.807, 2.05) is 4.90 Å². The van der Waals surface area contributed by atoms with E-state index in [-0.39, 0.29) is 71.6 Å². The molecular weight excluding hydrogens is 1080 g/mol. The Balaban J connectivity index is 0.000000115. The Hall–Kier alpha value is -6.87. The van der Waals surface area contributed by atoms with Crippen molar-refractivity contribution in [2.75, 3.05) is 78.6 Å². The second-order valence-corrected chi connectivity index (χ2v) is 22.7. The number of esters is 1. The molecule has 80 heavy (non-hydrogen) atoms. The number of carboxylic acid groups (broad SMARTS) is 1. The van der Waals surface area contributed by atoms with Crippen LogP contribution in [0.5, 0.6) is 0 Å².